The van der Waals surface area contributed by atoms with E-state index in [4.69, 9.17) is 5.26 Å². The van der Waals surface area contributed by atoms with Gasteiger partial charge in [-0.25, -0.2) is 13.1 Å². The second kappa shape index (κ2) is 8.43. The molecule has 7 heteroatoms. The predicted octanol–water partition coefficient (Wildman–Crippen LogP) is 2.29. The Hall–Kier alpha value is -2.95. The van der Waals surface area contributed by atoms with Crippen molar-refractivity contribution in [1.29, 1.82) is 5.26 Å². The highest BCUT2D eigenvalue weighted by Crippen LogP contribution is 2.15. The minimum Gasteiger partial charge on any atom is -0.383 e. The van der Waals surface area contributed by atoms with E-state index in [0.717, 1.165) is 0 Å². The first-order chi connectivity index (χ1) is 12.3. The Morgan fingerprint density at radius 2 is 1.92 bits per heavy atom. The molecule has 2 rings (SSSR count). The van der Waals surface area contributed by atoms with E-state index in [-0.39, 0.29) is 22.8 Å². The van der Waals surface area contributed by atoms with Gasteiger partial charge in [0, 0.05) is 38.5 Å². The molecule has 26 heavy (non-hydrogen) atoms. The SMILES string of the molecule is CN(C)C=CC(=O)c1cccc(CNS(=O)(=O)c2ccccc2C#N)c1. The van der Waals surface area contributed by atoms with E-state index in [1.165, 1.54) is 18.2 Å². The number of carbonyl (C=O) groups excluding carboxylic acids is 1. The monoisotopic (exact) mass is 369 g/mol. The van der Waals surface area contributed by atoms with E-state index in [1.54, 1.807) is 47.5 Å². The molecule has 0 amide bonds. The summed E-state index contributed by atoms with van der Waals surface area (Å²) in [5, 5.41) is 9.06. The molecule has 0 bridgehead atoms. The molecular formula is C19H19N3O3S. The van der Waals surface area contributed by atoms with E-state index in [2.05, 4.69) is 4.72 Å². The number of nitrogens with zero attached hydrogens (tertiary/aromatic N) is 2. The molecule has 0 aromatic heterocycles. The first-order valence-corrected chi connectivity index (χ1v) is 9.28. The highest BCUT2D eigenvalue weighted by Gasteiger charge is 2.17. The van der Waals surface area contributed by atoms with E-state index >= 15 is 0 Å². The van der Waals surface area contributed by atoms with Gasteiger partial charge in [0.05, 0.1) is 10.5 Å². The van der Waals surface area contributed by atoms with Crippen LogP contribution in [0.5, 0.6) is 0 Å². The number of ketones is 1. The largest absolute Gasteiger partial charge is 0.383 e. The zero-order valence-corrected chi connectivity index (χ0v) is 15.3. The van der Waals surface area contributed by atoms with Gasteiger partial charge in [0.25, 0.3) is 0 Å². The van der Waals surface area contributed by atoms with Crippen LogP contribution in [0.15, 0.2) is 65.7 Å². The molecule has 0 saturated heterocycles. The molecule has 0 heterocycles. The van der Waals surface area contributed by atoms with Crippen molar-refractivity contribution in [2.75, 3.05) is 14.1 Å². The highest BCUT2D eigenvalue weighted by atomic mass is 32.2. The van der Waals surface area contributed by atoms with E-state index in [9.17, 15) is 13.2 Å². The molecule has 2 aromatic rings. The Balaban J connectivity index is 2.16. The van der Waals surface area contributed by atoms with E-state index in [0.29, 0.717) is 11.1 Å². The van der Waals surface area contributed by atoms with Gasteiger partial charge in [-0.1, -0.05) is 30.3 Å². The van der Waals surface area contributed by atoms with Crippen LogP contribution in [0.3, 0.4) is 0 Å². The third-order valence-electron chi connectivity index (χ3n) is 3.50. The molecule has 1 N–H and O–H groups in total. The molecule has 0 fully saturated rings. The summed E-state index contributed by atoms with van der Waals surface area (Å²) in [6.07, 6.45) is 3.10. The van der Waals surface area contributed by atoms with Crippen LogP contribution < -0.4 is 4.72 Å². The molecule has 0 radical (unpaired) electrons. The molecule has 0 unspecified atom stereocenters. The number of allylic oxidation sites excluding steroid dienone is 1. The quantitative estimate of drug-likeness (QED) is 0.597. The zero-order chi connectivity index (χ0) is 19.2. The number of benzene rings is 2. The number of nitriles is 1. The fourth-order valence-electron chi connectivity index (χ4n) is 2.20. The predicted molar refractivity (Wildman–Crippen MR) is 98.8 cm³/mol. The Kier molecular flexibility index (Phi) is 6.28. The van der Waals surface area contributed by atoms with Crippen LogP contribution in [0.4, 0.5) is 0 Å². The average molecular weight is 369 g/mol. The first-order valence-electron chi connectivity index (χ1n) is 7.80. The Morgan fingerprint density at radius 3 is 2.62 bits per heavy atom. The van der Waals surface area contributed by atoms with Crippen LogP contribution in [0.25, 0.3) is 0 Å². The maximum atomic E-state index is 12.4. The number of rotatable bonds is 7. The third kappa shape index (κ3) is 5.02. The smallest absolute Gasteiger partial charge is 0.242 e. The lowest BCUT2D eigenvalue weighted by atomic mass is 10.1. The molecule has 0 aliphatic heterocycles. The lowest BCUT2D eigenvalue weighted by molar-refractivity contribution is 0.104. The lowest BCUT2D eigenvalue weighted by Gasteiger charge is -2.09. The van der Waals surface area contributed by atoms with Crippen molar-refractivity contribution >= 4 is 15.8 Å². The number of sulfonamides is 1. The van der Waals surface area contributed by atoms with Gasteiger partial charge in [0.1, 0.15) is 6.07 Å². The molecule has 0 saturated carbocycles. The van der Waals surface area contributed by atoms with Gasteiger partial charge in [-0.15, -0.1) is 0 Å². The van der Waals surface area contributed by atoms with Gasteiger partial charge < -0.3 is 4.90 Å². The molecule has 6 nitrogen and oxygen atoms in total. The van der Waals surface area contributed by atoms with Crippen LogP contribution in [0, 0.1) is 11.3 Å². The van der Waals surface area contributed by atoms with Gasteiger partial charge in [-0.05, 0) is 23.8 Å². The average Bonchev–Trinajstić information content (AvgIpc) is 2.64. The normalized spacial score (nSPS) is 11.3. The molecule has 134 valence electrons. The molecular weight excluding hydrogens is 350 g/mol. The summed E-state index contributed by atoms with van der Waals surface area (Å²) in [7, 11) is -0.207. The van der Waals surface area contributed by atoms with Crippen molar-refractivity contribution in [2.24, 2.45) is 0 Å². The minimum absolute atomic E-state index is 0.0145. The molecule has 0 atom stereocenters. The number of hydrogen-bond acceptors (Lipinski definition) is 5. The van der Waals surface area contributed by atoms with Crippen LogP contribution in [0.1, 0.15) is 21.5 Å². The summed E-state index contributed by atoms with van der Waals surface area (Å²) < 4.78 is 27.3. The summed E-state index contributed by atoms with van der Waals surface area (Å²) >= 11 is 0. The maximum absolute atomic E-state index is 12.4. The Morgan fingerprint density at radius 1 is 1.19 bits per heavy atom. The highest BCUT2D eigenvalue weighted by molar-refractivity contribution is 7.89. The van der Waals surface area contributed by atoms with Crippen LogP contribution in [-0.2, 0) is 16.6 Å². The molecule has 0 spiro atoms. The fraction of sp³-hybridized carbons (Fsp3) is 0.158. The Bertz CT molecular complexity index is 974. The standard InChI is InChI=1S/C19H19N3O3S/c1-22(2)11-10-18(23)16-8-5-6-15(12-16)14-21-26(24,25)19-9-4-3-7-17(19)13-20/h3-12,21H,14H2,1-2H3. The fourth-order valence-corrected chi connectivity index (χ4v) is 3.37. The first kappa shape index (κ1) is 19.4. The van der Waals surface area contributed by atoms with E-state index < -0.39 is 10.0 Å². The van der Waals surface area contributed by atoms with Crippen molar-refractivity contribution < 1.29 is 13.2 Å². The summed E-state index contributed by atoms with van der Waals surface area (Å²) in [6, 6.07) is 14.6. The lowest BCUT2D eigenvalue weighted by Crippen LogP contribution is -2.24. The number of nitrogens with one attached hydrogen (secondary N) is 1. The van der Waals surface area contributed by atoms with Crippen molar-refractivity contribution in [3.63, 3.8) is 0 Å². The molecule has 0 aliphatic rings. The van der Waals surface area contributed by atoms with Gasteiger partial charge >= 0.3 is 0 Å². The molecule has 2 aromatic carbocycles. The minimum atomic E-state index is -3.83. The number of carbonyl (C=O) groups is 1. The van der Waals surface area contributed by atoms with Gasteiger partial charge in [-0.3, -0.25) is 4.79 Å². The zero-order valence-electron chi connectivity index (χ0n) is 14.5. The second-order valence-electron chi connectivity index (χ2n) is 5.78. The molecule has 0 aliphatic carbocycles. The van der Waals surface area contributed by atoms with Gasteiger partial charge in [0.15, 0.2) is 5.78 Å². The summed E-state index contributed by atoms with van der Waals surface area (Å²) in [5.41, 5.74) is 1.20. The number of hydrogen-bond donors (Lipinski definition) is 1. The Labute approximate surface area is 153 Å². The van der Waals surface area contributed by atoms with Crippen molar-refractivity contribution in [2.45, 2.75) is 11.4 Å². The third-order valence-corrected chi connectivity index (χ3v) is 4.96. The van der Waals surface area contributed by atoms with Crippen LogP contribution in [0.2, 0.25) is 0 Å². The van der Waals surface area contributed by atoms with E-state index in [1.807, 2.05) is 20.2 Å². The van der Waals surface area contributed by atoms with Gasteiger partial charge in [-0.2, -0.15) is 5.26 Å². The summed E-state index contributed by atoms with van der Waals surface area (Å²) in [6.45, 7) is 0.0145. The second-order valence-corrected chi connectivity index (χ2v) is 7.51. The van der Waals surface area contributed by atoms with Gasteiger partial charge in [0.2, 0.25) is 10.0 Å². The topological polar surface area (TPSA) is 90.3 Å². The van der Waals surface area contributed by atoms with Crippen LogP contribution >= 0.6 is 0 Å². The van der Waals surface area contributed by atoms with Crippen molar-refractivity contribution in [3.05, 3.63) is 77.5 Å². The van der Waals surface area contributed by atoms with Crippen LogP contribution in [-0.4, -0.2) is 33.2 Å². The summed E-state index contributed by atoms with van der Waals surface area (Å²) in [5.74, 6) is -0.168. The summed E-state index contributed by atoms with van der Waals surface area (Å²) in [4.78, 5) is 13.8. The van der Waals surface area contributed by atoms with Crippen molar-refractivity contribution in [1.82, 2.24) is 9.62 Å². The van der Waals surface area contributed by atoms with Crippen molar-refractivity contribution in [3.8, 4) is 6.07 Å². The maximum Gasteiger partial charge on any atom is 0.242 e.